The fourth-order valence-electron chi connectivity index (χ4n) is 0.255. The van der Waals surface area contributed by atoms with Crippen molar-refractivity contribution in [2.24, 2.45) is 0 Å². The van der Waals surface area contributed by atoms with Crippen LogP contribution in [0.15, 0.2) is 6.20 Å². The highest BCUT2D eigenvalue weighted by Crippen LogP contribution is 1.78. The number of hydrogen-bond donors (Lipinski definition) is 2. The molecule has 0 saturated heterocycles. The maximum Gasteiger partial charge on any atom is 0.353 e. The highest BCUT2D eigenvalue weighted by Gasteiger charge is 1.91. The third-order valence-corrected chi connectivity index (χ3v) is 0.530. The second-order valence-electron chi connectivity index (χ2n) is 0.967. The van der Waals surface area contributed by atoms with Gasteiger partial charge in [-0.05, 0) is 0 Å². The standard InChI is InChI=1S/C2H3N5/c3-5-2-1-4-7-6-2/h1,5H,(H,4,6,7). The van der Waals surface area contributed by atoms with Crippen molar-refractivity contribution in [2.45, 2.75) is 0 Å². The maximum absolute atomic E-state index is 8.05. The Morgan fingerprint density at radius 2 is 2.71 bits per heavy atom. The molecule has 0 radical (unpaired) electrons. The van der Waals surface area contributed by atoms with Crippen LogP contribution in [0.1, 0.15) is 0 Å². The molecule has 0 amide bonds. The molecule has 2 N–H and O–H groups in total. The minimum Gasteiger partial charge on any atom is -0.614 e. The number of aromatic nitrogens is 3. The molecular weight excluding hydrogens is 94.1 g/mol. The fraction of sp³-hybridized carbons (Fsp3) is 0. The second-order valence-corrected chi connectivity index (χ2v) is 0.967. The van der Waals surface area contributed by atoms with E-state index in [-0.39, 0.29) is 0 Å². The first-order valence-electron chi connectivity index (χ1n) is 1.69. The van der Waals surface area contributed by atoms with Crippen LogP contribution in [0.25, 0.3) is 5.53 Å². The predicted molar refractivity (Wildman–Crippen MR) is 20.4 cm³/mol. The Labute approximate surface area is 39.3 Å². The minimum atomic E-state index is 0.319. The van der Waals surface area contributed by atoms with E-state index in [1.54, 1.807) is 5.11 Å². The molecule has 0 aliphatic heterocycles. The normalized spacial score (nSPS) is 8.57. The summed E-state index contributed by atoms with van der Waals surface area (Å²) >= 11 is 0. The highest BCUT2D eigenvalue weighted by molar-refractivity contribution is 5.03. The van der Waals surface area contributed by atoms with Gasteiger partial charge in [-0.1, -0.05) is 0 Å². The lowest BCUT2D eigenvalue weighted by molar-refractivity contribution is -0.384. The van der Waals surface area contributed by atoms with Gasteiger partial charge in [0.1, 0.15) is 6.20 Å². The van der Waals surface area contributed by atoms with E-state index in [9.17, 15) is 0 Å². The summed E-state index contributed by atoms with van der Waals surface area (Å²) in [5, 5.41) is 10.9. The summed E-state index contributed by atoms with van der Waals surface area (Å²) in [4.78, 5) is 0. The van der Waals surface area contributed by atoms with Gasteiger partial charge in [0, 0.05) is 0 Å². The minimum absolute atomic E-state index is 0.319. The zero-order chi connectivity index (χ0) is 5.11. The molecule has 1 rings (SSSR count). The number of hydrogen-bond acceptors (Lipinski definition) is 2. The van der Waals surface area contributed by atoms with Crippen LogP contribution in [-0.4, -0.2) is 15.4 Å². The van der Waals surface area contributed by atoms with E-state index in [0.717, 1.165) is 0 Å². The number of H-pyrrole nitrogens is 1. The molecule has 36 valence electrons. The number of aromatic amines is 1. The van der Waals surface area contributed by atoms with Crippen LogP contribution in [-0.2, 0) is 0 Å². The molecular formula is C2H3N5. The molecule has 0 aromatic carbocycles. The van der Waals surface area contributed by atoms with Crippen molar-refractivity contribution >= 4 is 5.82 Å². The Bertz CT molecular complexity index is 141. The third-order valence-electron chi connectivity index (χ3n) is 0.530. The van der Waals surface area contributed by atoms with Crippen LogP contribution in [0.3, 0.4) is 0 Å². The van der Waals surface area contributed by atoms with Crippen molar-refractivity contribution < 1.29 is 5.11 Å². The summed E-state index contributed by atoms with van der Waals surface area (Å²) in [6, 6.07) is 0. The van der Waals surface area contributed by atoms with Crippen molar-refractivity contribution in [2.75, 3.05) is 0 Å². The molecule has 0 atom stereocenters. The SMILES string of the molecule is [N-]=[NH+]c1cn[nH]n1. The Hall–Kier alpha value is -1.26. The first-order valence-corrected chi connectivity index (χ1v) is 1.69. The third kappa shape index (κ3) is 0.594. The van der Waals surface area contributed by atoms with Crippen LogP contribution in [0, 0.1) is 0 Å². The summed E-state index contributed by atoms with van der Waals surface area (Å²) < 4.78 is 0. The van der Waals surface area contributed by atoms with E-state index < -0.39 is 0 Å². The average molecular weight is 97.1 g/mol. The van der Waals surface area contributed by atoms with Crippen LogP contribution >= 0.6 is 0 Å². The highest BCUT2D eigenvalue weighted by atomic mass is 15.4. The van der Waals surface area contributed by atoms with Crippen LogP contribution in [0.2, 0.25) is 0 Å². The lowest BCUT2D eigenvalue weighted by Gasteiger charge is -1.68. The van der Waals surface area contributed by atoms with Gasteiger partial charge in [-0.2, -0.15) is 0 Å². The largest absolute Gasteiger partial charge is 0.614 e. The molecule has 0 fully saturated rings. The molecule has 0 spiro atoms. The summed E-state index contributed by atoms with van der Waals surface area (Å²) in [5.74, 6) is 0.319. The molecule has 1 heterocycles. The van der Waals surface area contributed by atoms with E-state index >= 15 is 0 Å². The first kappa shape index (κ1) is 3.91. The van der Waals surface area contributed by atoms with Gasteiger partial charge in [0.2, 0.25) is 0 Å². The molecule has 1 aromatic heterocycles. The summed E-state index contributed by atoms with van der Waals surface area (Å²) in [6.07, 6.45) is 1.36. The number of nitrogens with one attached hydrogen (secondary N) is 2. The zero-order valence-electron chi connectivity index (χ0n) is 3.42. The van der Waals surface area contributed by atoms with Crippen molar-refractivity contribution in [1.29, 1.82) is 0 Å². The van der Waals surface area contributed by atoms with Gasteiger partial charge >= 0.3 is 5.82 Å². The van der Waals surface area contributed by atoms with Crippen LogP contribution in [0.5, 0.6) is 0 Å². The second kappa shape index (κ2) is 1.46. The molecule has 0 saturated carbocycles. The summed E-state index contributed by atoms with van der Waals surface area (Å²) in [6.45, 7) is 0. The van der Waals surface area contributed by atoms with Gasteiger partial charge in [0.15, 0.2) is 0 Å². The topological polar surface area (TPSA) is 77.8 Å². The lowest BCUT2D eigenvalue weighted by Crippen LogP contribution is -2.54. The number of nitrogens with zero attached hydrogens (tertiary/aromatic N) is 3. The molecule has 5 nitrogen and oxygen atoms in total. The van der Waals surface area contributed by atoms with Crippen molar-refractivity contribution in [3.8, 4) is 0 Å². The van der Waals surface area contributed by atoms with Crippen molar-refractivity contribution in [1.82, 2.24) is 15.4 Å². The van der Waals surface area contributed by atoms with E-state index in [0.29, 0.717) is 5.82 Å². The molecule has 7 heavy (non-hydrogen) atoms. The van der Waals surface area contributed by atoms with Crippen molar-refractivity contribution in [3.05, 3.63) is 11.7 Å². The average Bonchev–Trinajstić information content (AvgIpc) is 2.14. The van der Waals surface area contributed by atoms with Gasteiger partial charge in [-0.15, -0.1) is 10.3 Å². The van der Waals surface area contributed by atoms with Crippen molar-refractivity contribution in [3.63, 3.8) is 0 Å². The van der Waals surface area contributed by atoms with Gasteiger partial charge in [0.05, 0.1) is 5.10 Å². The molecule has 0 aliphatic rings. The van der Waals surface area contributed by atoms with Gasteiger partial charge in [0.25, 0.3) is 0 Å². The number of rotatable bonds is 1. The Kier molecular flexibility index (Phi) is 0.816. The Morgan fingerprint density at radius 3 is 3.00 bits per heavy atom. The fourth-order valence-corrected chi connectivity index (χ4v) is 0.255. The molecule has 0 aliphatic carbocycles. The molecule has 5 heteroatoms. The zero-order valence-corrected chi connectivity index (χ0v) is 3.42. The molecule has 1 aromatic rings. The summed E-state index contributed by atoms with van der Waals surface area (Å²) in [7, 11) is 0. The molecule has 0 bridgehead atoms. The Balaban J connectivity index is 2.96. The van der Waals surface area contributed by atoms with E-state index in [4.69, 9.17) is 5.53 Å². The smallest absolute Gasteiger partial charge is 0.353 e. The lowest BCUT2D eigenvalue weighted by atomic mass is 10.8. The summed E-state index contributed by atoms with van der Waals surface area (Å²) in [5.41, 5.74) is 8.05. The van der Waals surface area contributed by atoms with Gasteiger partial charge in [-0.3, -0.25) is 0 Å². The molecule has 0 unspecified atom stereocenters. The van der Waals surface area contributed by atoms with E-state index in [1.165, 1.54) is 6.20 Å². The van der Waals surface area contributed by atoms with Crippen LogP contribution in [0.4, 0.5) is 5.82 Å². The van der Waals surface area contributed by atoms with Crippen LogP contribution < -0.4 is 5.11 Å². The maximum atomic E-state index is 8.05. The first-order chi connectivity index (χ1) is 3.43. The quantitative estimate of drug-likeness (QED) is 0.420. The van der Waals surface area contributed by atoms with Gasteiger partial charge < -0.3 is 10.6 Å². The van der Waals surface area contributed by atoms with E-state index in [1.807, 2.05) is 0 Å². The van der Waals surface area contributed by atoms with E-state index in [2.05, 4.69) is 15.4 Å². The monoisotopic (exact) mass is 97.0 g/mol. The Morgan fingerprint density at radius 1 is 1.86 bits per heavy atom. The van der Waals surface area contributed by atoms with Gasteiger partial charge in [-0.25, -0.2) is 0 Å². The predicted octanol–water partition coefficient (Wildman–Crippen LogP) is -1.46.